The molecule has 0 aliphatic carbocycles. The summed E-state index contributed by atoms with van der Waals surface area (Å²) in [5.74, 6) is -0.525. The van der Waals surface area contributed by atoms with E-state index in [0.29, 0.717) is 12.1 Å². The zero-order chi connectivity index (χ0) is 18.7. The van der Waals surface area contributed by atoms with E-state index in [2.05, 4.69) is 9.97 Å². The fourth-order valence-corrected chi connectivity index (χ4v) is 2.45. The number of benzene rings is 2. The third-order valence-corrected chi connectivity index (χ3v) is 3.75. The van der Waals surface area contributed by atoms with Gasteiger partial charge in [0, 0.05) is 19.2 Å². The predicted octanol–water partition coefficient (Wildman–Crippen LogP) is 4.94. The monoisotopic (exact) mass is 361 g/mol. The van der Waals surface area contributed by atoms with Crippen LogP contribution in [-0.2, 0) is 12.7 Å². The van der Waals surface area contributed by atoms with E-state index >= 15 is 0 Å². The van der Waals surface area contributed by atoms with Gasteiger partial charge in [0.25, 0.3) is 0 Å². The largest absolute Gasteiger partial charge is 0.433 e. The Labute approximate surface area is 148 Å². The second-order valence-corrected chi connectivity index (χ2v) is 5.78. The Morgan fingerprint density at radius 1 is 0.923 bits per heavy atom. The van der Waals surface area contributed by atoms with Gasteiger partial charge in [0.1, 0.15) is 5.82 Å². The summed E-state index contributed by atoms with van der Waals surface area (Å²) in [4.78, 5) is 9.43. The van der Waals surface area contributed by atoms with Crippen molar-refractivity contribution < 1.29 is 17.6 Å². The van der Waals surface area contributed by atoms with Crippen LogP contribution < -0.4 is 4.90 Å². The van der Waals surface area contributed by atoms with Crippen molar-refractivity contribution >= 4 is 5.95 Å². The number of anilines is 1. The van der Waals surface area contributed by atoms with Crippen molar-refractivity contribution in [3.63, 3.8) is 0 Å². The molecule has 0 saturated carbocycles. The number of nitrogens with zero attached hydrogens (tertiary/aromatic N) is 3. The van der Waals surface area contributed by atoms with Gasteiger partial charge < -0.3 is 4.90 Å². The maximum Gasteiger partial charge on any atom is 0.433 e. The topological polar surface area (TPSA) is 29.0 Å². The molecule has 2 aromatic carbocycles. The Balaban J connectivity index is 2.01. The van der Waals surface area contributed by atoms with Crippen molar-refractivity contribution in [1.29, 1.82) is 0 Å². The second-order valence-electron chi connectivity index (χ2n) is 5.78. The van der Waals surface area contributed by atoms with Crippen molar-refractivity contribution in [2.45, 2.75) is 12.7 Å². The molecule has 3 nitrogen and oxygen atoms in total. The highest BCUT2D eigenvalue weighted by atomic mass is 19.4. The van der Waals surface area contributed by atoms with Crippen LogP contribution in [0.15, 0.2) is 60.7 Å². The summed E-state index contributed by atoms with van der Waals surface area (Å²) < 4.78 is 52.8. The fraction of sp³-hybridized carbons (Fsp3) is 0.158. The van der Waals surface area contributed by atoms with Crippen molar-refractivity contribution in [3.8, 4) is 11.3 Å². The first-order chi connectivity index (χ1) is 12.3. The van der Waals surface area contributed by atoms with Gasteiger partial charge in [-0.05, 0) is 35.9 Å². The number of halogens is 4. The summed E-state index contributed by atoms with van der Waals surface area (Å²) in [5, 5.41) is 0. The van der Waals surface area contributed by atoms with Gasteiger partial charge in [0.2, 0.25) is 5.95 Å². The molecule has 1 aromatic heterocycles. The summed E-state index contributed by atoms with van der Waals surface area (Å²) in [7, 11) is 1.62. The minimum Gasteiger partial charge on any atom is -0.340 e. The normalized spacial score (nSPS) is 11.4. The molecule has 0 aliphatic heterocycles. The quantitative estimate of drug-likeness (QED) is 0.617. The second kappa shape index (κ2) is 7.11. The lowest BCUT2D eigenvalue weighted by Crippen LogP contribution is -2.21. The molecule has 0 bridgehead atoms. The molecule has 0 spiro atoms. The first-order valence-corrected chi connectivity index (χ1v) is 7.80. The maximum absolute atomic E-state index is 13.2. The van der Waals surface area contributed by atoms with E-state index in [-0.39, 0.29) is 11.6 Å². The maximum atomic E-state index is 13.2. The molecule has 0 radical (unpaired) electrons. The van der Waals surface area contributed by atoms with Crippen molar-refractivity contribution in [1.82, 2.24) is 9.97 Å². The molecule has 0 unspecified atom stereocenters. The van der Waals surface area contributed by atoms with E-state index in [4.69, 9.17) is 0 Å². The minimum absolute atomic E-state index is 0.0528. The molecule has 0 atom stereocenters. The van der Waals surface area contributed by atoms with E-state index in [0.717, 1.165) is 11.6 Å². The van der Waals surface area contributed by atoms with E-state index in [1.165, 1.54) is 29.2 Å². The molecular weight excluding hydrogens is 346 g/mol. The van der Waals surface area contributed by atoms with Crippen LogP contribution >= 0.6 is 0 Å². The van der Waals surface area contributed by atoms with Gasteiger partial charge >= 0.3 is 6.18 Å². The Morgan fingerprint density at radius 3 is 2.19 bits per heavy atom. The molecule has 0 N–H and O–H groups in total. The molecule has 0 fully saturated rings. The first-order valence-electron chi connectivity index (χ1n) is 7.80. The van der Waals surface area contributed by atoms with Gasteiger partial charge in [0.15, 0.2) is 5.69 Å². The van der Waals surface area contributed by atoms with Crippen LogP contribution in [0.4, 0.5) is 23.5 Å². The number of aromatic nitrogens is 2. The first kappa shape index (κ1) is 17.8. The van der Waals surface area contributed by atoms with Crippen molar-refractivity contribution in [2.75, 3.05) is 11.9 Å². The van der Waals surface area contributed by atoms with Gasteiger partial charge in [-0.2, -0.15) is 13.2 Å². The number of rotatable bonds is 4. The molecule has 1 heterocycles. The number of hydrogen-bond acceptors (Lipinski definition) is 3. The molecule has 3 rings (SSSR count). The minimum atomic E-state index is -4.61. The Morgan fingerprint density at radius 2 is 1.58 bits per heavy atom. The molecule has 0 amide bonds. The van der Waals surface area contributed by atoms with Crippen LogP contribution in [0.3, 0.4) is 0 Å². The standard InChI is InChI=1S/C19H15F4N3/c1-26(12-13-5-3-2-4-6-13)18-24-16(11-17(25-18)19(21,22)23)14-7-9-15(20)10-8-14/h2-11H,12H2,1H3. The van der Waals surface area contributed by atoms with Gasteiger partial charge in [0.05, 0.1) is 5.69 Å². The van der Waals surface area contributed by atoms with E-state index in [1.54, 1.807) is 7.05 Å². The number of hydrogen-bond donors (Lipinski definition) is 0. The molecule has 3 aromatic rings. The van der Waals surface area contributed by atoms with E-state index in [1.807, 2.05) is 30.3 Å². The van der Waals surface area contributed by atoms with Crippen LogP contribution in [-0.4, -0.2) is 17.0 Å². The summed E-state index contributed by atoms with van der Waals surface area (Å²) in [6.07, 6.45) is -4.61. The zero-order valence-electron chi connectivity index (χ0n) is 13.8. The van der Waals surface area contributed by atoms with Crippen LogP contribution in [0.5, 0.6) is 0 Å². The van der Waals surface area contributed by atoms with Crippen LogP contribution in [0.1, 0.15) is 11.3 Å². The highest BCUT2D eigenvalue weighted by Crippen LogP contribution is 2.31. The van der Waals surface area contributed by atoms with Crippen LogP contribution in [0.2, 0.25) is 0 Å². The zero-order valence-corrected chi connectivity index (χ0v) is 13.8. The Bertz CT molecular complexity index is 878. The summed E-state index contributed by atoms with van der Waals surface area (Å²) in [6, 6.07) is 15.3. The summed E-state index contributed by atoms with van der Waals surface area (Å²) >= 11 is 0. The average molecular weight is 361 g/mol. The van der Waals surface area contributed by atoms with Crippen LogP contribution in [0.25, 0.3) is 11.3 Å². The van der Waals surface area contributed by atoms with Gasteiger partial charge in [-0.1, -0.05) is 30.3 Å². The third-order valence-electron chi connectivity index (χ3n) is 3.75. The average Bonchev–Trinajstić information content (AvgIpc) is 2.62. The Hall–Kier alpha value is -2.96. The smallest absolute Gasteiger partial charge is 0.340 e. The number of alkyl halides is 3. The molecule has 26 heavy (non-hydrogen) atoms. The van der Waals surface area contributed by atoms with Gasteiger partial charge in [-0.15, -0.1) is 0 Å². The lowest BCUT2D eigenvalue weighted by Gasteiger charge is -2.19. The predicted molar refractivity (Wildman–Crippen MR) is 91.0 cm³/mol. The molecule has 134 valence electrons. The van der Waals surface area contributed by atoms with E-state index in [9.17, 15) is 17.6 Å². The molecule has 7 heteroatoms. The molecule has 0 aliphatic rings. The molecule has 0 saturated heterocycles. The van der Waals surface area contributed by atoms with E-state index < -0.39 is 17.7 Å². The van der Waals surface area contributed by atoms with Gasteiger partial charge in [-0.3, -0.25) is 0 Å². The Kier molecular flexibility index (Phi) is 4.88. The van der Waals surface area contributed by atoms with Crippen molar-refractivity contribution in [3.05, 3.63) is 77.7 Å². The summed E-state index contributed by atoms with van der Waals surface area (Å²) in [5.41, 5.74) is 0.344. The lowest BCUT2D eigenvalue weighted by atomic mass is 10.1. The SMILES string of the molecule is CN(Cc1ccccc1)c1nc(-c2ccc(F)cc2)cc(C(F)(F)F)n1. The van der Waals surface area contributed by atoms with Gasteiger partial charge in [-0.25, -0.2) is 14.4 Å². The van der Waals surface area contributed by atoms with Crippen LogP contribution in [0, 0.1) is 5.82 Å². The van der Waals surface area contributed by atoms with Crippen molar-refractivity contribution in [2.24, 2.45) is 0 Å². The highest BCUT2D eigenvalue weighted by molar-refractivity contribution is 5.61. The highest BCUT2D eigenvalue weighted by Gasteiger charge is 2.34. The third kappa shape index (κ3) is 4.17. The summed E-state index contributed by atoms with van der Waals surface area (Å²) in [6.45, 7) is 0.352. The lowest BCUT2D eigenvalue weighted by molar-refractivity contribution is -0.141. The molecular formula is C19H15F4N3. The fourth-order valence-electron chi connectivity index (χ4n) is 2.45.